The smallest absolute Gasteiger partial charge is 0.478 e. The van der Waals surface area contributed by atoms with E-state index in [0.29, 0.717) is 30.3 Å². The van der Waals surface area contributed by atoms with Crippen LogP contribution in [0.15, 0.2) is 60.9 Å². The molecule has 1 spiro atoms. The van der Waals surface area contributed by atoms with Gasteiger partial charge in [0.15, 0.2) is 5.60 Å². The number of piperidine rings is 2. The van der Waals surface area contributed by atoms with Gasteiger partial charge in [-0.05, 0) is 88.7 Å². The van der Waals surface area contributed by atoms with Crippen LogP contribution >= 0.6 is 0 Å². The lowest BCUT2D eigenvalue weighted by Gasteiger charge is -2.53. The van der Waals surface area contributed by atoms with Crippen molar-refractivity contribution in [3.63, 3.8) is 0 Å². The number of carbonyl (C=O) groups is 3. The number of carboxylic acid groups (broad SMARTS) is 1. The number of rotatable bonds is 9. The van der Waals surface area contributed by atoms with Crippen molar-refractivity contribution in [1.29, 1.82) is 0 Å². The van der Waals surface area contributed by atoms with Gasteiger partial charge in [0.2, 0.25) is 5.91 Å². The topological polar surface area (TPSA) is 131 Å². The quantitative estimate of drug-likeness (QED) is 0.264. The Labute approximate surface area is 301 Å². The van der Waals surface area contributed by atoms with Crippen molar-refractivity contribution in [1.82, 2.24) is 25.3 Å². The Morgan fingerprint density at radius 2 is 1.71 bits per heavy atom. The summed E-state index contributed by atoms with van der Waals surface area (Å²) in [5, 5.41) is 17.5. The van der Waals surface area contributed by atoms with Gasteiger partial charge in [-0.2, -0.15) is 18.3 Å². The fourth-order valence-electron chi connectivity index (χ4n) is 7.47. The third kappa shape index (κ3) is 8.88. The predicted molar refractivity (Wildman–Crippen MR) is 188 cm³/mol. The minimum atomic E-state index is -5.08. The van der Waals surface area contributed by atoms with Gasteiger partial charge in [0.25, 0.3) is 5.91 Å². The number of carboxylic acids is 1. The Kier molecular flexibility index (Phi) is 10.8. The number of hydrogen-bond acceptors (Lipinski definition) is 7. The third-order valence-corrected chi connectivity index (χ3v) is 10.5. The van der Waals surface area contributed by atoms with Gasteiger partial charge >= 0.3 is 12.1 Å². The van der Waals surface area contributed by atoms with Crippen LogP contribution in [-0.4, -0.2) is 100.0 Å². The van der Waals surface area contributed by atoms with Crippen LogP contribution in [0.3, 0.4) is 0 Å². The Hall–Kier alpha value is -4.59. The lowest BCUT2D eigenvalue weighted by molar-refractivity contribution is -0.192. The van der Waals surface area contributed by atoms with Gasteiger partial charge in [0.1, 0.15) is 5.75 Å². The van der Waals surface area contributed by atoms with E-state index in [1.165, 1.54) is 0 Å². The standard InChI is InChI=1S/C36H46N6O3.C2HF3O2/c1-35(2,34(44)41-24-36(25-41)14-16-37-17-15-36)45-32-7-3-6-31(19-32)40-18-4-5-28(23-40)33(43)42(30-12-13-30)22-26-8-10-27(11-9-26)29-20-38-39-21-29;3-2(4,5)1(6)7/h3,6-11,19-21,28,30,37H,4-5,12-18,22-25H2,1-2H3,(H,38,39);(H,6,7)/t28-;/m0./s1. The Morgan fingerprint density at radius 1 is 1.02 bits per heavy atom. The number of nitrogens with zero attached hydrogens (tertiary/aromatic N) is 4. The first-order valence-electron chi connectivity index (χ1n) is 18.0. The van der Waals surface area contributed by atoms with Crippen LogP contribution in [0.25, 0.3) is 11.1 Å². The van der Waals surface area contributed by atoms with E-state index in [1.807, 2.05) is 49.3 Å². The van der Waals surface area contributed by atoms with E-state index in [4.69, 9.17) is 14.6 Å². The highest BCUT2D eigenvalue weighted by Gasteiger charge is 2.49. The van der Waals surface area contributed by atoms with Crippen LogP contribution in [0.4, 0.5) is 18.9 Å². The summed E-state index contributed by atoms with van der Waals surface area (Å²) in [5.41, 5.74) is 3.71. The zero-order valence-electron chi connectivity index (χ0n) is 29.6. The fraction of sp³-hybridized carbons (Fsp3) is 0.526. The molecule has 3 N–H and O–H groups in total. The molecule has 1 atom stereocenters. The highest BCUT2D eigenvalue weighted by molar-refractivity contribution is 5.86. The number of benzene rings is 2. The molecule has 1 aliphatic carbocycles. The molecule has 0 bridgehead atoms. The van der Waals surface area contributed by atoms with E-state index < -0.39 is 17.7 Å². The molecule has 11 nitrogen and oxygen atoms in total. The summed E-state index contributed by atoms with van der Waals surface area (Å²) < 4.78 is 38.1. The number of likely N-dealkylation sites (tertiary alicyclic amines) is 1. The minimum absolute atomic E-state index is 0.0409. The Morgan fingerprint density at radius 3 is 2.33 bits per heavy atom. The van der Waals surface area contributed by atoms with Gasteiger partial charge in [-0.25, -0.2) is 4.79 Å². The van der Waals surface area contributed by atoms with Crippen LogP contribution in [-0.2, 0) is 20.9 Å². The van der Waals surface area contributed by atoms with Crippen LogP contribution in [0.2, 0.25) is 0 Å². The number of amides is 2. The first-order chi connectivity index (χ1) is 24.7. The monoisotopic (exact) mass is 724 g/mol. The molecule has 14 heteroatoms. The summed E-state index contributed by atoms with van der Waals surface area (Å²) in [5.74, 6) is -1.79. The molecule has 0 radical (unpaired) electrons. The number of aliphatic carboxylic acids is 1. The average Bonchev–Trinajstić information content (AvgIpc) is 3.81. The van der Waals surface area contributed by atoms with Crippen molar-refractivity contribution in [2.24, 2.45) is 11.3 Å². The molecule has 0 unspecified atom stereocenters. The molecule has 3 saturated heterocycles. The molecular weight excluding hydrogens is 677 g/mol. The molecule has 3 aromatic rings. The SMILES string of the molecule is CC(C)(Oc1cccc(N2CCC[C@H](C(=O)N(Cc3ccc(-c4cn[nH]c4)cc3)C3CC3)C2)c1)C(=O)N1CC2(CCNCC2)C1.O=C(O)C(F)(F)F. The summed E-state index contributed by atoms with van der Waals surface area (Å²) in [6, 6.07) is 16.9. The van der Waals surface area contributed by atoms with Crippen LogP contribution < -0.4 is 15.0 Å². The number of H-pyrrole nitrogens is 1. The molecular formula is C38H47F3N6O5. The van der Waals surface area contributed by atoms with Crippen molar-refractivity contribution in [3.05, 3.63) is 66.5 Å². The highest BCUT2D eigenvalue weighted by atomic mass is 19.4. The third-order valence-electron chi connectivity index (χ3n) is 10.5. The molecule has 4 heterocycles. The molecule has 4 aliphatic rings. The maximum atomic E-state index is 14.0. The van der Waals surface area contributed by atoms with E-state index >= 15 is 0 Å². The highest BCUT2D eigenvalue weighted by Crippen LogP contribution is 2.40. The number of alkyl halides is 3. The number of aromatic nitrogens is 2. The van der Waals surface area contributed by atoms with Crippen molar-refractivity contribution >= 4 is 23.5 Å². The second-order valence-corrected chi connectivity index (χ2v) is 15.0. The normalized spacial score (nSPS) is 20.0. The first kappa shape index (κ1) is 37.2. The maximum absolute atomic E-state index is 14.0. The van der Waals surface area contributed by atoms with Crippen LogP contribution in [0.5, 0.6) is 5.75 Å². The van der Waals surface area contributed by atoms with Gasteiger partial charge in [0, 0.05) is 67.7 Å². The Bertz CT molecular complexity index is 1700. The average molecular weight is 725 g/mol. The molecule has 280 valence electrons. The van der Waals surface area contributed by atoms with Crippen molar-refractivity contribution in [2.45, 2.75) is 76.7 Å². The number of carbonyl (C=O) groups excluding carboxylic acids is 2. The molecule has 7 rings (SSSR count). The summed E-state index contributed by atoms with van der Waals surface area (Å²) in [6.07, 6.45) is 4.94. The minimum Gasteiger partial charge on any atom is -0.478 e. The maximum Gasteiger partial charge on any atom is 0.490 e. The summed E-state index contributed by atoms with van der Waals surface area (Å²) in [7, 11) is 0. The van der Waals surface area contributed by atoms with E-state index in [2.05, 4.69) is 55.6 Å². The lowest BCUT2D eigenvalue weighted by atomic mass is 9.72. The van der Waals surface area contributed by atoms with Gasteiger partial charge in [0.05, 0.1) is 12.1 Å². The molecule has 1 aromatic heterocycles. The van der Waals surface area contributed by atoms with E-state index in [1.54, 1.807) is 0 Å². The summed E-state index contributed by atoms with van der Waals surface area (Å²) >= 11 is 0. The van der Waals surface area contributed by atoms with Crippen LogP contribution in [0.1, 0.15) is 57.9 Å². The zero-order valence-corrected chi connectivity index (χ0v) is 29.6. The number of hydrogen-bond donors (Lipinski definition) is 3. The molecule has 4 fully saturated rings. The molecule has 2 amide bonds. The van der Waals surface area contributed by atoms with E-state index in [-0.39, 0.29) is 17.7 Å². The van der Waals surface area contributed by atoms with Gasteiger partial charge < -0.3 is 29.9 Å². The number of nitrogens with one attached hydrogen (secondary N) is 2. The van der Waals surface area contributed by atoms with Gasteiger partial charge in [-0.3, -0.25) is 14.7 Å². The number of anilines is 1. The summed E-state index contributed by atoms with van der Waals surface area (Å²) in [6.45, 7) is 9.74. The molecule has 1 saturated carbocycles. The second-order valence-electron chi connectivity index (χ2n) is 15.0. The van der Waals surface area contributed by atoms with E-state index in [0.717, 1.165) is 93.6 Å². The fourth-order valence-corrected chi connectivity index (χ4v) is 7.47. The first-order valence-corrected chi connectivity index (χ1v) is 18.0. The second kappa shape index (κ2) is 15.2. The predicted octanol–water partition coefficient (Wildman–Crippen LogP) is 5.49. The zero-order chi connectivity index (χ0) is 37.1. The van der Waals surface area contributed by atoms with E-state index in [9.17, 15) is 22.8 Å². The summed E-state index contributed by atoms with van der Waals surface area (Å²) in [4.78, 5) is 42.7. The number of ether oxygens (including phenoxy) is 1. The number of aromatic amines is 1. The van der Waals surface area contributed by atoms with Crippen molar-refractivity contribution < 1.29 is 37.4 Å². The van der Waals surface area contributed by atoms with Gasteiger partial charge in [-0.1, -0.05) is 30.3 Å². The largest absolute Gasteiger partial charge is 0.490 e. The Balaban J connectivity index is 0.000000604. The molecule has 2 aromatic carbocycles. The van der Waals surface area contributed by atoms with Crippen LogP contribution in [0, 0.1) is 11.3 Å². The van der Waals surface area contributed by atoms with Gasteiger partial charge in [-0.15, -0.1) is 0 Å². The van der Waals surface area contributed by atoms with Crippen molar-refractivity contribution in [2.75, 3.05) is 44.2 Å². The molecule has 52 heavy (non-hydrogen) atoms. The number of halogens is 3. The van der Waals surface area contributed by atoms with Crippen molar-refractivity contribution in [3.8, 4) is 16.9 Å². The lowest BCUT2D eigenvalue weighted by Crippen LogP contribution is -2.65. The molecule has 3 aliphatic heterocycles.